The number of nitrogens with one attached hydrogen (secondary N) is 3. The van der Waals surface area contributed by atoms with Crippen LogP contribution in [0.2, 0.25) is 0 Å². The molecule has 1 fully saturated rings. The smallest absolute Gasteiger partial charge is 0.251 e. The number of thiazole rings is 1. The lowest BCUT2D eigenvalue weighted by atomic mass is 9.85. The highest BCUT2D eigenvalue weighted by atomic mass is 32.2. The number of anilines is 2. The van der Waals surface area contributed by atoms with Crippen LogP contribution in [0.4, 0.5) is 20.3 Å². The van der Waals surface area contributed by atoms with Crippen LogP contribution < -0.4 is 15.5 Å². The van der Waals surface area contributed by atoms with E-state index in [0.29, 0.717) is 78.5 Å². The van der Waals surface area contributed by atoms with E-state index in [-0.39, 0.29) is 46.9 Å². The van der Waals surface area contributed by atoms with Gasteiger partial charge in [-0.1, -0.05) is 137 Å². The predicted octanol–water partition coefficient (Wildman–Crippen LogP) is 14.6. The number of nitrogens with zero attached hydrogens (tertiary/aromatic N) is 4. The van der Waals surface area contributed by atoms with E-state index in [2.05, 4.69) is 91.4 Å². The Bertz CT molecular complexity index is 3220. The number of rotatable bonds is 24. The van der Waals surface area contributed by atoms with Crippen molar-refractivity contribution in [3.63, 3.8) is 0 Å². The maximum absolute atomic E-state index is 15.5. The normalized spacial score (nSPS) is 15.2. The SMILES string of the molecule is C/C=C1/c2cc(CS(C)(=O)=O)c(C(=O)NCCCCCCCCCCC(=O)NC(C(=O)N3CCCC3C(C)=O)C(C)(C)C)cc2N(c2ncc(F)cc2F)Cc2c[nH]c(C(C)=O)c21.CCC(C)C.CCC(C)Cc1ccc(-c2scnc2C)cc1. The van der Waals surface area contributed by atoms with Crippen LogP contribution in [-0.2, 0) is 42.9 Å². The van der Waals surface area contributed by atoms with Gasteiger partial charge in [-0.3, -0.25) is 24.0 Å². The summed E-state index contributed by atoms with van der Waals surface area (Å²) < 4.78 is 54.9. The fraction of sp³-hybridized carbons (Fsp3) is 0.537. The van der Waals surface area contributed by atoms with Crippen molar-refractivity contribution in [1.29, 1.82) is 0 Å². The van der Waals surface area contributed by atoms with Gasteiger partial charge in [0.25, 0.3) is 5.91 Å². The average Bonchev–Trinajstić information content (AvgIpc) is 1.86. The molecule has 85 heavy (non-hydrogen) atoms. The molecule has 14 nitrogen and oxygen atoms in total. The summed E-state index contributed by atoms with van der Waals surface area (Å²) in [5.41, 5.74) is 8.43. The topological polar surface area (TPSA) is 192 Å². The lowest BCUT2D eigenvalue weighted by molar-refractivity contribution is -0.143. The molecule has 3 N–H and O–H groups in total. The second-order valence-electron chi connectivity index (χ2n) is 24.4. The van der Waals surface area contributed by atoms with E-state index in [1.54, 1.807) is 41.5 Å². The third kappa shape index (κ3) is 20.1. The zero-order valence-electron chi connectivity index (χ0n) is 52.6. The summed E-state index contributed by atoms with van der Waals surface area (Å²) in [6.07, 6.45) is 17.8. The number of fused-ring (bicyclic) bond motifs is 2. The molecule has 0 saturated carbocycles. The first-order valence-electron chi connectivity index (χ1n) is 30.4. The fourth-order valence-corrected chi connectivity index (χ4v) is 12.1. The van der Waals surface area contributed by atoms with Crippen LogP contribution in [0.5, 0.6) is 0 Å². The third-order valence-electron chi connectivity index (χ3n) is 15.8. The van der Waals surface area contributed by atoms with Gasteiger partial charge in [0.2, 0.25) is 11.8 Å². The number of likely N-dealkylation sites (tertiary alicyclic amines) is 1. The number of sulfone groups is 1. The van der Waals surface area contributed by atoms with Gasteiger partial charge in [0.15, 0.2) is 33.0 Å². The number of ketones is 2. The van der Waals surface area contributed by atoms with Crippen molar-refractivity contribution in [3.8, 4) is 10.4 Å². The van der Waals surface area contributed by atoms with Crippen LogP contribution in [0.15, 0.2) is 66.4 Å². The number of Topliss-reactive ketones (excluding diaryl/α,β-unsaturated/α-hetero) is 2. The van der Waals surface area contributed by atoms with Gasteiger partial charge in [0.1, 0.15) is 11.9 Å². The number of H-pyrrole nitrogens is 1. The molecular weight excluding hydrogens is 1120 g/mol. The molecule has 3 aromatic heterocycles. The fourth-order valence-electron chi connectivity index (χ4n) is 10.5. The molecule has 3 unspecified atom stereocenters. The van der Waals surface area contributed by atoms with Gasteiger partial charge in [-0.25, -0.2) is 27.2 Å². The number of pyridine rings is 1. The minimum absolute atomic E-state index is 0.00413. The van der Waals surface area contributed by atoms with Gasteiger partial charge in [-0.05, 0) is 110 Å². The predicted molar refractivity (Wildman–Crippen MR) is 340 cm³/mol. The summed E-state index contributed by atoms with van der Waals surface area (Å²) in [5, 5.41) is 5.89. The van der Waals surface area contributed by atoms with Crippen molar-refractivity contribution >= 4 is 67.5 Å². The molecule has 2 aliphatic heterocycles. The van der Waals surface area contributed by atoms with E-state index in [0.717, 1.165) is 74.9 Å². The minimum atomic E-state index is -3.64. The zero-order valence-corrected chi connectivity index (χ0v) is 54.2. The Labute approximate surface area is 508 Å². The first-order chi connectivity index (χ1) is 40.2. The summed E-state index contributed by atoms with van der Waals surface area (Å²) in [6.45, 7) is 24.5. The second-order valence-corrected chi connectivity index (χ2v) is 27.4. The second kappa shape index (κ2) is 32.4. The molecule has 2 aromatic carbocycles. The molecule has 3 atom stereocenters. The van der Waals surface area contributed by atoms with Crippen LogP contribution in [0, 0.1) is 35.8 Å². The number of carbonyl (C=O) groups is 5. The van der Waals surface area contributed by atoms with Crippen LogP contribution >= 0.6 is 11.3 Å². The van der Waals surface area contributed by atoms with E-state index in [1.165, 1.54) is 60.1 Å². The lowest BCUT2D eigenvalue weighted by Gasteiger charge is -2.35. The molecule has 464 valence electrons. The number of allylic oxidation sites excluding steroid dienone is 1. The minimum Gasteiger partial charge on any atom is -0.358 e. The number of aromatic amines is 1. The maximum atomic E-state index is 15.5. The Morgan fingerprint density at radius 3 is 2.11 bits per heavy atom. The van der Waals surface area contributed by atoms with Crippen molar-refractivity contribution in [2.45, 2.75) is 197 Å². The lowest BCUT2D eigenvalue weighted by Crippen LogP contribution is -2.56. The molecule has 0 radical (unpaired) electrons. The molecule has 7 rings (SSSR count). The van der Waals surface area contributed by atoms with Crippen molar-refractivity contribution in [2.24, 2.45) is 17.3 Å². The molecule has 5 heterocycles. The Morgan fingerprint density at radius 2 is 1.55 bits per heavy atom. The highest BCUT2D eigenvalue weighted by molar-refractivity contribution is 7.89. The maximum Gasteiger partial charge on any atom is 0.251 e. The number of halogens is 2. The van der Waals surface area contributed by atoms with Crippen molar-refractivity contribution in [2.75, 3.05) is 24.2 Å². The number of benzene rings is 2. The van der Waals surface area contributed by atoms with Crippen LogP contribution in [0.25, 0.3) is 16.0 Å². The Hall–Kier alpha value is -6.40. The molecule has 0 bridgehead atoms. The van der Waals surface area contributed by atoms with Gasteiger partial charge in [-0.15, -0.1) is 11.3 Å². The van der Waals surface area contributed by atoms with E-state index in [9.17, 15) is 36.8 Å². The van der Waals surface area contributed by atoms with Gasteiger partial charge < -0.3 is 25.4 Å². The summed E-state index contributed by atoms with van der Waals surface area (Å²) >= 11 is 1.72. The highest BCUT2D eigenvalue weighted by Crippen LogP contribution is 2.44. The van der Waals surface area contributed by atoms with Crippen LogP contribution in [0.3, 0.4) is 0 Å². The van der Waals surface area contributed by atoms with E-state index < -0.39 is 50.6 Å². The monoisotopic (exact) mass is 1210 g/mol. The summed E-state index contributed by atoms with van der Waals surface area (Å²) in [5.74, 6) is -1.96. The number of amides is 3. The first kappa shape index (κ1) is 69.4. The van der Waals surface area contributed by atoms with Gasteiger partial charge >= 0.3 is 0 Å². The van der Waals surface area contributed by atoms with Gasteiger partial charge in [-0.2, -0.15) is 0 Å². The summed E-state index contributed by atoms with van der Waals surface area (Å²) in [4.78, 5) is 80.8. The molecule has 2 aliphatic rings. The van der Waals surface area contributed by atoms with Crippen LogP contribution in [0.1, 0.15) is 214 Å². The molecular formula is C67H93F2N7O7S2. The number of aryl methyl sites for hydroxylation is 1. The average molecular weight is 1210 g/mol. The molecule has 0 spiro atoms. The molecule has 5 aromatic rings. The first-order valence-corrected chi connectivity index (χ1v) is 33.3. The standard InChI is InChI=1S/C47H62F2N6O7S.C15H19NS.C5H12/c1-8-34-36-22-31(28-63(7,61)62)35(24-39(36)55(44-37(49)23-33(48)26-52-44)27-32-25-51-42(30(3)57)41(32)34)45(59)50-20-16-14-12-10-9-11-13-15-19-40(58)53-43(47(4,5)6)46(60)54-21-17-18-38(54)29(2)56;1-4-11(2)9-13-5-7-14(8-6-13)15-12(3)16-10-17-15;1-4-5(2)3/h8,22-26,38,43,51H,9-21,27-28H2,1-7H3,(H,50,59)(H,53,58);5-8,10-11H,4,9H2,1-3H3;5H,4H2,1-3H3/b34-8-;;. The largest absolute Gasteiger partial charge is 0.358 e. The zero-order chi connectivity index (χ0) is 62.8. The highest BCUT2D eigenvalue weighted by Gasteiger charge is 2.41. The van der Waals surface area contributed by atoms with E-state index in [4.69, 9.17) is 0 Å². The number of hydrogen-bond donors (Lipinski definition) is 3. The molecule has 1 saturated heterocycles. The van der Waals surface area contributed by atoms with Crippen molar-refractivity contribution < 1.29 is 41.2 Å². The molecule has 3 amide bonds. The van der Waals surface area contributed by atoms with E-state index in [1.807, 2.05) is 26.3 Å². The Morgan fingerprint density at radius 1 is 0.906 bits per heavy atom. The van der Waals surface area contributed by atoms with Crippen molar-refractivity contribution in [1.82, 2.24) is 30.5 Å². The van der Waals surface area contributed by atoms with Crippen molar-refractivity contribution in [3.05, 3.63) is 123 Å². The number of unbranched alkanes of at least 4 members (excludes halogenated alkanes) is 7. The molecule has 0 aliphatic carbocycles. The van der Waals surface area contributed by atoms with E-state index >= 15 is 4.39 Å². The Kier molecular flexibility index (Phi) is 26.4. The Balaban J connectivity index is 0.000000498. The number of carbonyl (C=O) groups excluding carboxylic acids is 5. The third-order valence-corrected chi connectivity index (χ3v) is 17.6. The van der Waals surface area contributed by atoms with Gasteiger partial charge in [0.05, 0.1) is 52.0 Å². The summed E-state index contributed by atoms with van der Waals surface area (Å²) in [7, 11) is -3.64. The number of hydrogen-bond acceptors (Lipinski definition) is 11. The summed E-state index contributed by atoms with van der Waals surface area (Å²) in [6, 6.07) is 11.6. The van der Waals surface area contributed by atoms with Crippen LogP contribution in [-0.4, -0.2) is 89.0 Å². The quantitative estimate of drug-likeness (QED) is 0.0396. The molecule has 18 heteroatoms. The van der Waals surface area contributed by atoms with Gasteiger partial charge in [0, 0.05) is 61.6 Å². The number of aromatic nitrogens is 3.